The monoisotopic (exact) mass is 361 g/mol. The molecule has 0 unspecified atom stereocenters. The number of ether oxygens (including phenoxy) is 2. The highest BCUT2D eigenvalue weighted by atomic mass is 32.1. The topological polar surface area (TPSA) is 103 Å². The van der Waals surface area contributed by atoms with Crippen LogP contribution in [0, 0.1) is 10.1 Å². The average molecular weight is 361 g/mol. The average Bonchev–Trinajstić information content (AvgIpc) is 2.61. The Labute approximate surface area is 148 Å². The van der Waals surface area contributed by atoms with Crippen molar-refractivity contribution in [2.24, 2.45) is 0 Å². The minimum absolute atomic E-state index is 0.0795. The van der Waals surface area contributed by atoms with E-state index in [1.807, 2.05) is 0 Å². The number of methoxy groups -OCH3 is 2. The summed E-state index contributed by atoms with van der Waals surface area (Å²) in [5, 5.41) is 16.2. The van der Waals surface area contributed by atoms with E-state index in [0.717, 1.165) is 0 Å². The fourth-order valence-corrected chi connectivity index (χ4v) is 2.25. The van der Waals surface area contributed by atoms with Crippen LogP contribution in [0.1, 0.15) is 10.4 Å². The second-order valence-corrected chi connectivity index (χ2v) is 5.16. The summed E-state index contributed by atoms with van der Waals surface area (Å²) in [4.78, 5) is 22.9. The van der Waals surface area contributed by atoms with Gasteiger partial charge in [-0.2, -0.15) is 0 Å². The molecule has 2 aromatic carbocycles. The van der Waals surface area contributed by atoms with Crippen molar-refractivity contribution >= 4 is 34.6 Å². The van der Waals surface area contributed by atoms with Gasteiger partial charge in [0, 0.05) is 0 Å². The number of hydrogen-bond donors (Lipinski definition) is 2. The number of hydrogen-bond acceptors (Lipinski definition) is 6. The van der Waals surface area contributed by atoms with Gasteiger partial charge in [-0.15, -0.1) is 0 Å². The van der Waals surface area contributed by atoms with E-state index in [0.29, 0.717) is 17.1 Å². The largest absolute Gasteiger partial charge is 0.496 e. The molecule has 0 fully saturated rings. The van der Waals surface area contributed by atoms with Gasteiger partial charge in [-0.3, -0.25) is 20.2 Å². The Morgan fingerprint density at radius 2 is 1.88 bits per heavy atom. The van der Waals surface area contributed by atoms with Crippen LogP contribution in [0.3, 0.4) is 0 Å². The van der Waals surface area contributed by atoms with Crippen molar-refractivity contribution in [2.45, 2.75) is 0 Å². The number of amides is 1. The highest BCUT2D eigenvalue weighted by Crippen LogP contribution is 2.28. The van der Waals surface area contributed by atoms with Crippen molar-refractivity contribution in [2.75, 3.05) is 19.5 Å². The third-order valence-electron chi connectivity index (χ3n) is 3.23. The Kier molecular flexibility index (Phi) is 5.85. The molecule has 0 saturated heterocycles. The Morgan fingerprint density at radius 3 is 2.52 bits per heavy atom. The zero-order chi connectivity index (χ0) is 18.4. The van der Waals surface area contributed by atoms with E-state index in [2.05, 4.69) is 10.6 Å². The molecular weight excluding hydrogens is 346 g/mol. The predicted molar refractivity (Wildman–Crippen MR) is 96.3 cm³/mol. The summed E-state index contributed by atoms with van der Waals surface area (Å²) in [6.45, 7) is 0. The molecule has 0 spiro atoms. The van der Waals surface area contributed by atoms with Crippen LogP contribution in [0.5, 0.6) is 11.5 Å². The number of carbonyl (C=O) groups excluding carboxylic acids is 1. The van der Waals surface area contributed by atoms with Gasteiger partial charge in [0.25, 0.3) is 11.6 Å². The van der Waals surface area contributed by atoms with Gasteiger partial charge < -0.3 is 14.8 Å². The van der Waals surface area contributed by atoms with Gasteiger partial charge >= 0.3 is 0 Å². The van der Waals surface area contributed by atoms with Crippen LogP contribution >= 0.6 is 12.2 Å². The van der Waals surface area contributed by atoms with Crippen LogP contribution < -0.4 is 20.1 Å². The summed E-state index contributed by atoms with van der Waals surface area (Å²) in [7, 11) is 2.85. The Hall–Kier alpha value is -3.20. The zero-order valence-corrected chi connectivity index (χ0v) is 14.3. The van der Waals surface area contributed by atoms with Gasteiger partial charge in [-0.1, -0.05) is 12.1 Å². The summed E-state index contributed by atoms with van der Waals surface area (Å²) in [5.74, 6) is 0.227. The maximum atomic E-state index is 12.3. The number of thiocarbonyl (C=S) groups is 1. The molecule has 0 bridgehead atoms. The number of nitro groups is 1. The van der Waals surface area contributed by atoms with E-state index in [4.69, 9.17) is 21.7 Å². The number of nitro benzene ring substituents is 1. The van der Waals surface area contributed by atoms with Crippen molar-refractivity contribution in [1.29, 1.82) is 0 Å². The normalized spacial score (nSPS) is 9.84. The molecule has 2 rings (SSSR count). The standard InChI is InChI=1S/C16H15N3O5S/c1-23-10-7-8-12(13(9-10)19(21)22)17-16(25)18-15(20)11-5-3-4-6-14(11)24-2/h3-9H,1-2H3,(H2,17,18,20,25). The second kappa shape index (κ2) is 8.06. The van der Waals surface area contributed by atoms with Crippen molar-refractivity contribution < 1.29 is 19.2 Å². The molecule has 0 radical (unpaired) electrons. The fraction of sp³-hybridized carbons (Fsp3) is 0.125. The van der Waals surface area contributed by atoms with E-state index < -0.39 is 10.8 Å². The van der Waals surface area contributed by atoms with Gasteiger partial charge in [-0.05, 0) is 36.5 Å². The Bertz CT molecular complexity index is 825. The second-order valence-electron chi connectivity index (χ2n) is 4.75. The molecule has 25 heavy (non-hydrogen) atoms. The first kappa shape index (κ1) is 18.1. The van der Waals surface area contributed by atoms with Crippen LogP contribution in [0.25, 0.3) is 0 Å². The lowest BCUT2D eigenvalue weighted by Gasteiger charge is -2.12. The molecule has 0 aromatic heterocycles. The summed E-state index contributed by atoms with van der Waals surface area (Å²) >= 11 is 5.06. The van der Waals surface area contributed by atoms with Gasteiger partial charge in [0.05, 0.1) is 30.8 Å². The first-order chi connectivity index (χ1) is 12.0. The third kappa shape index (κ3) is 4.42. The lowest BCUT2D eigenvalue weighted by molar-refractivity contribution is -0.384. The lowest BCUT2D eigenvalue weighted by Crippen LogP contribution is -2.34. The molecular formula is C16H15N3O5S. The Morgan fingerprint density at radius 1 is 1.16 bits per heavy atom. The number of nitrogens with one attached hydrogen (secondary N) is 2. The molecule has 130 valence electrons. The van der Waals surface area contributed by atoms with Crippen LogP contribution in [-0.2, 0) is 0 Å². The van der Waals surface area contributed by atoms with Gasteiger partial charge in [0.15, 0.2) is 5.11 Å². The van der Waals surface area contributed by atoms with Crippen LogP contribution in [0.4, 0.5) is 11.4 Å². The number of para-hydroxylation sites is 1. The molecule has 0 aliphatic heterocycles. The molecule has 2 aromatic rings. The van der Waals surface area contributed by atoms with Crippen molar-refractivity contribution in [3.05, 3.63) is 58.1 Å². The number of carbonyl (C=O) groups is 1. The van der Waals surface area contributed by atoms with E-state index in [1.54, 1.807) is 30.3 Å². The molecule has 9 heteroatoms. The van der Waals surface area contributed by atoms with E-state index in [9.17, 15) is 14.9 Å². The van der Waals surface area contributed by atoms with Gasteiger partial charge in [0.1, 0.15) is 17.2 Å². The quantitative estimate of drug-likeness (QED) is 0.479. The summed E-state index contributed by atoms with van der Waals surface area (Å²) in [6.07, 6.45) is 0. The highest BCUT2D eigenvalue weighted by molar-refractivity contribution is 7.80. The first-order valence-electron chi connectivity index (χ1n) is 7.04. The Balaban J connectivity index is 2.15. The van der Waals surface area contributed by atoms with Gasteiger partial charge in [-0.25, -0.2) is 0 Å². The predicted octanol–water partition coefficient (Wildman–Crippen LogP) is 2.74. The number of nitrogens with zero attached hydrogens (tertiary/aromatic N) is 1. The minimum atomic E-state index is -0.574. The third-order valence-corrected chi connectivity index (χ3v) is 3.43. The molecule has 8 nitrogen and oxygen atoms in total. The van der Waals surface area contributed by atoms with E-state index >= 15 is 0 Å². The molecule has 0 aliphatic rings. The SMILES string of the molecule is COc1ccc(NC(=S)NC(=O)c2ccccc2OC)c([N+](=O)[O-])c1. The first-order valence-corrected chi connectivity index (χ1v) is 7.45. The maximum Gasteiger partial charge on any atom is 0.296 e. The molecule has 0 atom stereocenters. The molecule has 0 aliphatic carbocycles. The van der Waals surface area contributed by atoms with Crippen LogP contribution in [0.15, 0.2) is 42.5 Å². The molecule has 2 N–H and O–H groups in total. The minimum Gasteiger partial charge on any atom is -0.496 e. The van der Waals surface area contributed by atoms with Crippen molar-refractivity contribution in [1.82, 2.24) is 5.32 Å². The summed E-state index contributed by atoms with van der Waals surface area (Å²) in [5.41, 5.74) is 0.197. The van der Waals surface area contributed by atoms with Crippen LogP contribution in [0.2, 0.25) is 0 Å². The smallest absolute Gasteiger partial charge is 0.296 e. The molecule has 0 heterocycles. The number of benzene rings is 2. The fourth-order valence-electron chi connectivity index (χ4n) is 2.05. The molecule has 0 saturated carbocycles. The lowest BCUT2D eigenvalue weighted by atomic mass is 10.2. The highest BCUT2D eigenvalue weighted by Gasteiger charge is 2.18. The van der Waals surface area contributed by atoms with E-state index in [-0.39, 0.29) is 16.5 Å². The maximum absolute atomic E-state index is 12.3. The number of anilines is 1. The zero-order valence-electron chi connectivity index (χ0n) is 13.4. The summed E-state index contributed by atoms with van der Waals surface area (Å²) in [6, 6.07) is 10.9. The van der Waals surface area contributed by atoms with Gasteiger partial charge in [0.2, 0.25) is 0 Å². The summed E-state index contributed by atoms with van der Waals surface area (Å²) < 4.78 is 10.1. The van der Waals surface area contributed by atoms with E-state index in [1.165, 1.54) is 26.4 Å². The van der Waals surface area contributed by atoms with Crippen molar-refractivity contribution in [3.8, 4) is 11.5 Å². The molecule has 1 amide bonds. The van der Waals surface area contributed by atoms with Crippen molar-refractivity contribution in [3.63, 3.8) is 0 Å². The number of rotatable bonds is 5. The van der Waals surface area contributed by atoms with Crippen LogP contribution in [-0.4, -0.2) is 30.2 Å².